The van der Waals surface area contributed by atoms with E-state index >= 15 is 0 Å². The molecule has 0 rings (SSSR count). The van der Waals surface area contributed by atoms with Crippen LogP contribution in [0.1, 0.15) is 428 Å². The summed E-state index contributed by atoms with van der Waals surface area (Å²) in [5.41, 5.74) is -0.651. The zero-order valence-electron chi connectivity index (χ0n) is 61.9. The van der Waals surface area contributed by atoms with E-state index in [1.807, 2.05) is 0 Å². The van der Waals surface area contributed by atoms with Gasteiger partial charge in [0.2, 0.25) is 0 Å². The molecule has 16 heteroatoms. The smallest absolute Gasteiger partial charge is 0.309 e. The Kier molecular flexibility index (Phi) is 106. The molecule has 8 N–H and O–H groups in total. The molecule has 556 valence electrons. The summed E-state index contributed by atoms with van der Waals surface area (Å²) in [6, 6.07) is 0. The van der Waals surface area contributed by atoms with Crippen LogP contribution in [0.25, 0.3) is 0 Å². The number of aliphatic carboxylic acids is 8. The maximum Gasteiger partial charge on any atom is 0.309 e. The molecule has 0 fully saturated rings. The van der Waals surface area contributed by atoms with Gasteiger partial charge < -0.3 is 40.9 Å². The highest BCUT2D eigenvalue weighted by molar-refractivity contribution is 5.73. The fraction of sp³-hybridized carbons (Fsp3) is 0.870. The molecule has 0 atom stereocenters. The topological polar surface area (TPSA) is 298 Å². The van der Waals surface area contributed by atoms with E-state index in [0.29, 0.717) is 51.4 Å². The highest BCUT2D eigenvalue weighted by atomic mass is 16.4. The van der Waals surface area contributed by atoms with Crippen LogP contribution >= 0.6 is 0 Å². The number of carboxylic acid groups (broad SMARTS) is 8. The van der Waals surface area contributed by atoms with Crippen LogP contribution in [-0.2, 0) is 38.4 Å². The van der Waals surface area contributed by atoms with Gasteiger partial charge in [-0.1, -0.05) is 324 Å². The molecule has 0 aliphatic carbocycles. The molecule has 0 radical (unpaired) electrons. The van der Waals surface area contributed by atoms with Gasteiger partial charge in [0, 0.05) is 44.9 Å². The van der Waals surface area contributed by atoms with Gasteiger partial charge in [0.1, 0.15) is 0 Å². The van der Waals surface area contributed by atoms with Crippen LogP contribution in [0.4, 0.5) is 0 Å². The molecule has 0 aromatic carbocycles. The minimum Gasteiger partial charge on any atom is -0.481 e. The van der Waals surface area contributed by atoms with Crippen molar-refractivity contribution >= 4 is 47.8 Å². The van der Waals surface area contributed by atoms with Gasteiger partial charge in [0.05, 0.1) is 5.41 Å². The van der Waals surface area contributed by atoms with E-state index < -0.39 is 53.2 Å². The van der Waals surface area contributed by atoms with Gasteiger partial charge in [-0.2, -0.15) is 0 Å². The number of rotatable bonds is 59. The van der Waals surface area contributed by atoms with Gasteiger partial charge in [-0.05, 0) is 65.2 Å². The molecule has 0 aromatic heterocycles. The van der Waals surface area contributed by atoms with Crippen molar-refractivity contribution in [3.05, 3.63) is 12.7 Å². The maximum atomic E-state index is 10.4. The Hall–Kier alpha value is -4.50. The Morgan fingerprint density at radius 3 is 0.409 bits per heavy atom. The van der Waals surface area contributed by atoms with Crippen LogP contribution in [0.15, 0.2) is 12.7 Å². The summed E-state index contributed by atoms with van der Waals surface area (Å²) in [5.74, 6) is -5.42. The third-order valence-electron chi connectivity index (χ3n) is 15.2. The fourth-order valence-corrected chi connectivity index (χ4v) is 9.08. The molecule has 0 bridgehead atoms. The predicted molar refractivity (Wildman–Crippen MR) is 388 cm³/mol. The monoisotopic (exact) mass is 1330 g/mol. The van der Waals surface area contributed by atoms with Crippen LogP contribution in [0.5, 0.6) is 0 Å². The largest absolute Gasteiger partial charge is 0.481 e. The second-order valence-corrected chi connectivity index (χ2v) is 25.5. The molecule has 0 aliphatic heterocycles. The molecule has 93 heavy (non-hydrogen) atoms. The average Bonchev–Trinajstić information content (AvgIpc) is 1.91. The first-order chi connectivity index (χ1) is 44.4. The van der Waals surface area contributed by atoms with Crippen LogP contribution in [0.2, 0.25) is 0 Å². The Balaban J connectivity index is -0.000000148. The van der Waals surface area contributed by atoms with E-state index in [2.05, 4.69) is 55.0 Å². The van der Waals surface area contributed by atoms with Gasteiger partial charge in [-0.25, -0.2) is 0 Å². The van der Waals surface area contributed by atoms with Gasteiger partial charge in [-0.3, -0.25) is 38.4 Å². The van der Waals surface area contributed by atoms with Gasteiger partial charge >= 0.3 is 47.8 Å². The number of carbonyl (C=O) groups is 8. The van der Waals surface area contributed by atoms with E-state index in [-0.39, 0.29) is 0 Å². The van der Waals surface area contributed by atoms with Gasteiger partial charge in [0.25, 0.3) is 0 Å². The molecule has 0 saturated heterocycles. The standard InChI is InChI=1S/7C10H20O2.C7H12O2/c7*1-2-3-4-5-6-7-8-9-10(11)12;1-4-5-7(2,3)6(8)9/h7*2-9H2,1H3,(H,11,12);4H,1,5H2,2-3H3,(H,8,9). The Bertz CT molecular complexity index is 1310. The third-order valence-corrected chi connectivity index (χ3v) is 15.2. The predicted octanol–water partition coefficient (Wildman–Crippen LogP) is 24.2. The molecular formula is C77H152O16. The number of unbranched alkanes of at least 4 members (excludes halogenated alkanes) is 42. The van der Waals surface area contributed by atoms with Crippen molar-refractivity contribution in [3.63, 3.8) is 0 Å². The molecule has 0 saturated carbocycles. The molecule has 0 aromatic rings. The van der Waals surface area contributed by atoms with E-state index in [0.717, 1.165) is 89.9 Å². The molecule has 0 aliphatic rings. The summed E-state index contributed by atoms with van der Waals surface area (Å²) in [6.45, 7) is 22.2. The third kappa shape index (κ3) is 136. The van der Waals surface area contributed by atoms with Crippen LogP contribution in [0.3, 0.4) is 0 Å². The zero-order chi connectivity index (χ0) is 72.1. The fourth-order valence-electron chi connectivity index (χ4n) is 9.08. The molecule has 0 spiro atoms. The van der Waals surface area contributed by atoms with Crippen molar-refractivity contribution in [1.82, 2.24) is 0 Å². The number of hydrogen-bond acceptors (Lipinski definition) is 8. The summed E-state index contributed by atoms with van der Waals surface area (Å²) in [6.07, 6.45) is 62.6. The lowest BCUT2D eigenvalue weighted by molar-refractivity contribution is -0.147. The SMILES string of the molecule is C=CCC(C)(C)C(=O)O.CCCCCCCCCC(=O)O.CCCCCCCCCC(=O)O.CCCCCCCCCC(=O)O.CCCCCCCCCC(=O)O.CCCCCCCCCC(=O)O.CCCCCCCCCC(=O)O.CCCCCCCCCC(=O)O. The zero-order valence-corrected chi connectivity index (χ0v) is 61.9. The van der Waals surface area contributed by atoms with Gasteiger partial charge in [-0.15, -0.1) is 6.58 Å². The summed E-state index contributed by atoms with van der Waals surface area (Å²) in [4.78, 5) is 81.3. The van der Waals surface area contributed by atoms with E-state index in [9.17, 15) is 38.4 Å². The second-order valence-electron chi connectivity index (χ2n) is 25.5. The summed E-state index contributed by atoms with van der Waals surface area (Å²) >= 11 is 0. The lowest BCUT2D eigenvalue weighted by Crippen LogP contribution is -2.22. The number of allylic oxidation sites excluding steroid dienone is 1. The highest BCUT2D eigenvalue weighted by Crippen LogP contribution is 2.20. The Morgan fingerprint density at radius 2 is 0.333 bits per heavy atom. The Morgan fingerprint density at radius 1 is 0.226 bits per heavy atom. The average molecular weight is 1330 g/mol. The highest BCUT2D eigenvalue weighted by Gasteiger charge is 2.24. The molecule has 0 amide bonds. The van der Waals surface area contributed by atoms with Crippen LogP contribution < -0.4 is 0 Å². The first-order valence-electron chi connectivity index (χ1n) is 37.8. The van der Waals surface area contributed by atoms with E-state index in [1.165, 1.54) is 225 Å². The van der Waals surface area contributed by atoms with Crippen molar-refractivity contribution in [3.8, 4) is 0 Å². The maximum absolute atomic E-state index is 10.4. The summed E-state index contributed by atoms with van der Waals surface area (Å²) in [5, 5.41) is 67.0. The second kappa shape index (κ2) is 93.9. The number of hydrogen-bond donors (Lipinski definition) is 8. The summed E-state index contributed by atoms with van der Waals surface area (Å²) in [7, 11) is 0. The lowest BCUT2D eigenvalue weighted by Gasteiger charge is -2.15. The summed E-state index contributed by atoms with van der Waals surface area (Å²) < 4.78 is 0. The van der Waals surface area contributed by atoms with Crippen molar-refractivity contribution in [2.24, 2.45) is 5.41 Å². The van der Waals surface area contributed by atoms with Crippen LogP contribution in [0, 0.1) is 5.41 Å². The molecular weight excluding hydrogens is 1180 g/mol. The van der Waals surface area contributed by atoms with Crippen molar-refractivity contribution in [2.75, 3.05) is 0 Å². The first kappa shape index (κ1) is 105. The minimum absolute atomic E-state index is 0.341. The lowest BCUT2D eigenvalue weighted by atomic mass is 9.90. The van der Waals surface area contributed by atoms with Crippen molar-refractivity contribution < 1.29 is 79.2 Å². The van der Waals surface area contributed by atoms with E-state index in [4.69, 9.17) is 40.9 Å². The van der Waals surface area contributed by atoms with Crippen LogP contribution in [-0.4, -0.2) is 88.6 Å². The minimum atomic E-state index is -0.776. The van der Waals surface area contributed by atoms with Gasteiger partial charge in [0.15, 0.2) is 0 Å². The molecule has 0 heterocycles. The van der Waals surface area contributed by atoms with E-state index in [1.54, 1.807) is 19.9 Å². The van der Waals surface area contributed by atoms with Crippen molar-refractivity contribution in [2.45, 2.75) is 428 Å². The molecule has 16 nitrogen and oxygen atoms in total. The van der Waals surface area contributed by atoms with Crippen molar-refractivity contribution in [1.29, 1.82) is 0 Å². The Labute approximate surface area is 570 Å². The molecule has 0 unspecified atom stereocenters. The normalized spacial score (nSPS) is 10.2. The quantitative estimate of drug-likeness (QED) is 0.0207. The number of carboxylic acids is 8. The first-order valence-corrected chi connectivity index (χ1v) is 37.8.